The summed E-state index contributed by atoms with van der Waals surface area (Å²) < 4.78 is 0. The zero-order valence-electron chi connectivity index (χ0n) is 14.3. The monoisotopic (exact) mass is 356 g/mol. The second-order valence-corrected chi connectivity index (χ2v) is 7.08. The molecule has 0 radical (unpaired) electrons. The van der Waals surface area contributed by atoms with Crippen LogP contribution in [0, 0.1) is 5.92 Å². The molecule has 0 aromatic heterocycles. The number of carbonyl (C=O) groups is 2. The molecular formula is C20H21ClN2O2. The van der Waals surface area contributed by atoms with Gasteiger partial charge in [-0.05, 0) is 47.9 Å². The number of carbonyl (C=O) groups excluding carboxylic acids is 2. The number of benzene rings is 2. The van der Waals surface area contributed by atoms with Gasteiger partial charge < -0.3 is 10.2 Å². The molecular weight excluding hydrogens is 336 g/mol. The van der Waals surface area contributed by atoms with E-state index in [2.05, 4.69) is 19.2 Å². The average Bonchev–Trinajstić information content (AvgIpc) is 2.99. The number of nitrogens with one attached hydrogen (secondary N) is 1. The van der Waals surface area contributed by atoms with Crippen LogP contribution in [0.3, 0.4) is 0 Å². The fourth-order valence-electron chi connectivity index (χ4n) is 2.95. The van der Waals surface area contributed by atoms with Crippen molar-refractivity contribution < 1.29 is 9.59 Å². The van der Waals surface area contributed by atoms with Gasteiger partial charge in [-0.15, -0.1) is 0 Å². The summed E-state index contributed by atoms with van der Waals surface area (Å²) in [5.41, 5.74) is 2.75. The molecule has 1 aliphatic heterocycles. The summed E-state index contributed by atoms with van der Waals surface area (Å²) in [6, 6.07) is 14.9. The average molecular weight is 357 g/mol. The van der Waals surface area contributed by atoms with Crippen molar-refractivity contribution >= 4 is 34.8 Å². The Balaban J connectivity index is 1.67. The van der Waals surface area contributed by atoms with Gasteiger partial charge in [0.05, 0.1) is 5.92 Å². The van der Waals surface area contributed by atoms with Gasteiger partial charge in [0, 0.05) is 29.4 Å². The Morgan fingerprint density at radius 3 is 2.36 bits per heavy atom. The van der Waals surface area contributed by atoms with Crippen molar-refractivity contribution in [3.63, 3.8) is 0 Å². The van der Waals surface area contributed by atoms with E-state index in [0.29, 0.717) is 23.2 Å². The molecule has 0 spiro atoms. The zero-order chi connectivity index (χ0) is 18.0. The normalized spacial score (nSPS) is 17.2. The number of amides is 2. The molecule has 0 aliphatic carbocycles. The highest BCUT2D eigenvalue weighted by molar-refractivity contribution is 6.30. The second kappa shape index (κ2) is 7.28. The van der Waals surface area contributed by atoms with Crippen LogP contribution in [0.2, 0.25) is 5.02 Å². The molecule has 1 saturated heterocycles. The maximum absolute atomic E-state index is 12.4. The standard InChI is InChI=1S/C20H21ClN2O2/c1-13(2)14-3-9-18(10-4-14)23-12-15(11-19(23)24)20(25)22-17-7-5-16(21)6-8-17/h3-10,13,15H,11-12H2,1-2H3,(H,22,25). The first-order valence-electron chi connectivity index (χ1n) is 8.41. The SMILES string of the molecule is CC(C)c1ccc(N2CC(C(=O)Nc3ccc(Cl)cc3)CC2=O)cc1. The molecule has 2 amide bonds. The molecule has 1 aliphatic rings. The van der Waals surface area contributed by atoms with Gasteiger partial charge in [-0.2, -0.15) is 0 Å². The molecule has 1 unspecified atom stereocenters. The van der Waals surface area contributed by atoms with Gasteiger partial charge in [-0.1, -0.05) is 37.6 Å². The number of rotatable bonds is 4. The number of anilines is 2. The minimum absolute atomic E-state index is 0.0199. The van der Waals surface area contributed by atoms with E-state index in [1.165, 1.54) is 5.56 Å². The second-order valence-electron chi connectivity index (χ2n) is 6.65. The Kier molecular flexibility index (Phi) is 5.09. The van der Waals surface area contributed by atoms with Crippen molar-refractivity contribution in [3.8, 4) is 0 Å². The summed E-state index contributed by atoms with van der Waals surface area (Å²) in [7, 11) is 0. The summed E-state index contributed by atoms with van der Waals surface area (Å²) in [5, 5.41) is 3.47. The van der Waals surface area contributed by atoms with Crippen LogP contribution in [0.4, 0.5) is 11.4 Å². The molecule has 25 heavy (non-hydrogen) atoms. The van der Waals surface area contributed by atoms with Gasteiger partial charge in [0.25, 0.3) is 0 Å². The predicted octanol–water partition coefficient (Wildman–Crippen LogP) is 4.46. The molecule has 2 aromatic carbocycles. The zero-order valence-corrected chi connectivity index (χ0v) is 15.1. The fraction of sp³-hybridized carbons (Fsp3) is 0.300. The van der Waals surface area contributed by atoms with E-state index in [0.717, 1.165) is 5.69 Å². The summed E-state index contributed by atoms with van der Waals surface area (Å²) in [4.78, 5) is 26.5. The van der Waals surface area contributed by atoms with E-state index in [1.54, 1.807) is 29.2 Å². The van der Waals surface area contributed by atoms with Gasteiger partial charge in [-0.3, -0.25) is 9.59 Å². The highest BCUT2D eigenvalue weighted by Gasteiger charge is 2.35. The first kappa shape index (κ1) is 17.5. The molecule has 1 heterocycles. The molecule has 130 valence electrons. The van der Waals surface area contributed by atoms with Gasteiger partial charge in [0.1, 0.15) is 0 Å². The van der Waals surface area contributed by atoms with Crippen LogP contribution < -0.4 is 10.2 Å². The molecule has 0 saturated carbocycles. The third-order valence-corrected chi connectivity index (χ3v) is 4.73. The number of hydrogen-bond donors (Lipinski definition) is 1. The van der Waals surface area contributed by atoms with E-state index >= 15 is 0 Å². The van der Waals surface area contributed by atoms with Crippen LogP contribution in [0.15, 0.2) is 48.5 Å². The van der Waals surface area contributed by atoms with Crippen LogP contribution in [-0.2, 0) is 9.59 Å². The Labute approximate surface area is 152 Å². The highest BCUT2D eigenvalue weighted by Crippen LogP contribution is 2.27. The lowest BCUT2D eigenvalue weighted by atomic mass is 10.0. The summed E-state index contributed by atoms with van der Waals surface area (Å²) in [6.45, 7) is 4.67. The topological polar surface area (TPSA) is 49.4 Å². The Bertz CT molecular complexity index is 769. The maximum Gasteiger partial charge on any atom is 0.229 e. The van der Waals surface area contributed by atoms with Crippen molar-refractivity contribution in [2.24, 2.45) is 5.92 Å². The van der Waals surface area contributed by atoms with E-state index in [9.17, 15) is 9.59 Å². The molecule has 3 rings (SSSR count). The smallest absolute Gasteiger partial charge is 0.229 e. The Morgan fingerprint density at radius 2 is 1.76 bits per heavy atom. The third-order valence-electron chi connectivity index (χ3n) is 4.48. The minimum Gasteiger partial charge on any atom is -0.326 e. The molecule has 1 fully saturated rings. The summed E-state index contributed by atoms with van der Waals surface area (Å²) >= 11 is 5.85. The molecule has 4 nitrogen and oxygen atoms in total. The lowest BCUT2D eigenvalue weighted by molar-refractivity contribution is -0.122. The Morgan fingerprint density at radius 1 is 1.12 bits per heavy atom. The van der Waals surface area contributed by atoms with E-state index < -0.39 is 0 Å². The highest BCUT2D eigenvalue weighted by atomic mass is 35.5. The van der Waals surface area contributed by atoms with Crippen molar-refractivity contribution in [1.82, 2.24) is 0 Å². The lowest BCUT2D eigenvalue weighted by Crippen LogP contribution is -2.28. The molecule has 5 heteroatoms. The summed E-state index contributed by atoms with van der Waals surface area (Å²) in [5.74, 6) is -0.0697. The lowest BCUT2D eigenvalue weighted by Gasteiger charge is -2.17. The minimum atomic E-state index is -0.354. The molecule has 1 N–H and O–H groups in total. The first-order chi connectivity index (χ1) is 11.9. The maximum atomic E-state index is 12.4. The van der Waals surface area contributed by atoms with Crippen LogP contribution in [0.1, 0.15) is 31.7 Å². The number of nitrogens with zero attached hydrogens (tertiary/aromatic N) is 1. The molecule has 0 bridgehead atoms. The van der Waals surface area contributed by atoms with Gasteiger partial charge in [-0.25, -0.2) is 0 Å². The molecule has 1 atom stereocenters. The van der Waals surface area contributed by atoms with Crippen molar-refractivity contribution in [3.05, 3.63) is 59.1 Å². The van der Waals surface area contributed by atoms with Crippen LogP contribution in [0.5, 0.6) is 0 Å². The van der Waals surface area contributed by atoms with E-state index in [-0.39, 0.29) is 24.2 Å². The number of hydrogen-bond acceptors (Lipinski definition) is 2. The predicted molar refractivity (Wildman–Crippen MR) is 101 cm³/mol. The third kappa shape index (κ3) is 4.02. The Hall–Kier alpha value is -2.33. The van der Waals surface area contributed by atoms with Gasteiger partial charge >= 0.3 is 0 Å². The van der Waals surface area contributed by atoms with Gasteiger partial charge in [0.15, 0.2) is 0 Å². The van der Waals surface area contributed by atoms with Crippen molar-refractivity contribution in [2.75, 3.05) is 16.8 Å². The van der Waals surface area contributed by atoms with Crippen molar-refractivity contribution in [2.45, 2.75) is 26.2 Å². The first-order valence-corrected chi connectivity index (χ1v) is 8.78. The van der Waals surface area contributed by atoms with Crippen LogP contribution in [-0.4, -0.2) is 18.4 Å². The van der Waals surface area contributed by atoms with Crippen LogP contribution in [0.25, 0.3) is 0 Å². The van der Waals surface area contributed by atoms with Crippen molar-refractivity contribution in [1.29, 1.82) is 0 Å². The summed E-state index contributed by atoms with van der Waals surface area (Å²) in [6.07, 6.45) is 0.228. The van der Waals surface area contributed by atoms with E-state index in [1.807, 2.05) is 24.3 Å². The molecule has 2 aromatic rings. The largest absolute Gasteiger partial charge is 0.326 e. The quantitative estimate of drug-likeness (QED) is 0.879. The number of halogens is 1. The van der Waals surface area contributed by atoms with Crippen LogP contribution >= 0.6 is 11.6 Å². The van der Waals surface area contributed by atoms with Gasteiger partial charge in [0.2, 0.25) is 11.8 Å². The fourth-order valence-corrected chi connectivity index (χ4v) is 3.08. The van der Waals surface area contributed by atoms with E-state index in [4.69, 9.17) is 11.6 Å².